The fraction of sp³-hybridized carbons (Fsp3) is 0.750. The Morgan fingerprint density at radius 2 is 2.20 bits per heavy atom. The van der Waals surface area contributed by atoms with Gasteiger partial charge < -0.3 is 10.6 Å². The third-order valence-corrected chi connectivity index (χ3v) is 3.32. The maximum Gasteiger partial charge on any atom is 0.246 e. The van der Waals surface area contributed by atoms with Crippen molar-refractivity contribution in [2.24, 2.45) is 5.92 Å². The molecule has 2 aliphatic rings. The fourth-order valence-electron chi connectivity index (χ4n) is 1.81. The molecule has 1 saturated heterocycles. The normalized spacial score (nSPS) is 19.7. The maximum atomic E-state index is 11.6. The van der Waals surface area contributed by atoms with Crippen LogP contribution in [0.2, 0.25) is 0 Å². The molecule has 2 N–H and O–H groups in total. The number of hydrogen-bond acceptors (Lipinski definition) is 2. The zero-order valence-electron chi connectivity index (χ0n) is 9.44. The summed E-state index contributed by atoms with van der Waals surface area (Å²) in [5, 5.41) is 6.14. The highest BCUT2D eigenvalue weighted by Crippen LogP contribution is 2.33. The molecule has 1 amide bonds. The summed E-state index contributed by atoms with van der Waals surface area (Å²) in [5.41, 5.74) is 2.18. The van der Waals surface area contributed by atoms with Crippen LogP contribution in [0.5, 0.6) is 0 Å². The summed E-state index contributed by atoms with van der Waals surface area (Å²) >= 11 is 0. The highest BCUT2D eigenvalue weighted by Gasteiger charge is 2.20. The minimum atomic E-state index is 0.127. The summed E-state index contributed by atoms with van der Waals surface area (Å²) in [6.45, 7) is 4.54. The van der Waals surface area contributed by atoms with Crippen LogP contribution in [0.15, 0.2) is 11.1 Å². The predicted octanol–water partition coefficient (Wildman–Crippen LogP) is 1.21. The minimum absolute atomic E-state index is 0.127. The van der Waals surface area contributed by atoms with Crippen molar-refractivity contribution in [3.63, 3.8) is 0 Å². The molecule has 2 rings (SSSR count). The second-order valence-electron chi connectivity index (χ2n) is 4.67. The first-order chi connectivity index (χ1) is 7.27. The van der Waals surface area contributed by atoms with Crippen molar-refractivity contribution in [2.45, 2.75) is 32.6 Å². The lowest BCUT2D eigenvalue weighted by Crippen LogP contribution is -2.37. The summed E-state index contributed by atoms with van der Waals surface area (Å²) in [4.78, 5) is 11.6. The second-order valence-corrected chi connectivity index (χ2v) is 4.67. The van der Waals surface area contributed by atoms with Gasteiger partial charge in [-0.15, -0.1) is 0 Å². The van der Waals surface area contributed by atoms with Gasteiger partial charge in [0.05, 0.1) is 0 Å². The van der Waals surface area contributed by atoms with E-state index in [0.717, 1.165) is 37.5 Å². The van der Waals surface area contributed by atoms with Gasteiger partial charge >= 0.3 is 0 Å². The van der Waals surface area contributed by atoms with E-state index in [1.54, 1.807) is 0 Å². The molecule has 1 heterocycles. The summed E-state index contributed by atoms with van der Waals surface area (Å²) in [7, 11) is 0. The van der Waals surface area contributed by atoms with Crippen LogP contribution < -0.4 is 10.6 Å². The van der Waals surface area contributed by atoms with Crippen LogP contribution in [0, 0.1) is 5.92 Å². The summed E-state index contributed by atoms with van der Waals surface area (Å²) in [6, 6.07) is 0. The molecule has 0 aromatic rings. The fourth-order valence-corrected chi connectivity index (χ4v) is 1.81. The molecule has 0 aromatic carbocycles. The molecule has 1 aliphatic carbocycles. The van der Waals surface area contributed by atoms with E-state index in [-0.39, 0.29) is 5.91 Å². The van der Waals surface area contributed by atoms with E-state index in [9.17, 15) is 4.79 Å². The number of carbonyl (C=O) groups is 1. The van der Waals surface area contributed by atoms with Crippen LogP contribution in [0.4, 0.5) is 0 Å². The highest BCUT2D eigenvalue weighted by atomic mass is 16.1. The van der Waals surface area contributed by atoms with Crippen molar-refractivity contribution < 1.29 is 4.79 Å². The Balaban J connectivity index is 1.62. The third kappa shape index (κ3) is 3.06. The number of hydrogen-bond donors (Lipinski definition) is 2. The average molecular weight is 208 g/mol. The lowest BCUT2D eigenvalue weighted by Gasteiger charge is -2.21. The van der Waals surface area contributed by atoms with Crippen molar-refractivity contribution in [3.05, 3.63) is 11.1 Å². The third-order valence-electron chi connectivity index (χ3n) is 3.32. The second kappa shape index (κ2) is 4.79. The van der Waals surface area contributed by atoms with Gasteiger partial charge in [0, 0.05) is 25.2 Å². The largest absolute Gasteiger partial charge is 0.352 e. The summed E-state index contributed by atoms with van der Waals surface area (Å²) < 4.78 is 0. The van der Waals surface area contributed by atoms with Gasteiger partial charge in [0.15, 0.2) is 0 Å². The first-order valence-electron chi connectivity index (χ1n) is 5.95. The Morgan fingerprint density at radius 3 is 2.73 bits per heavy atom. The molecule has 15 heavy (non-hydrogen) atoms. The minimum Gasteiger partial charge on any atom is -0.352 e. The van der Waals surface area contributed by atoms with Gasteiger partial charge in [-0.25, -0.2) is 0 Å². The zero-order valence-corrected chi connectivity index (χ0v) is 9.44. The lowest BCUT2D eigenvalue weighted by molar-refractivity contribution is -0.117. The molecule has 0 spiro atoms. The monoisotopic (exact) mass is 208 g/mol. The molecule has 0 atom stereocenters. The van der Waals surface area contributed by atoms with Gasteiger partial charge in [0.25, 0.3) is 0 Å². The summed E-state index contributed by atoms with van der Waals surface area (Å²) in [5.74, 6) is 1.10. The maximum absolute atomic E-state index is 11.6. The molecule has 0 bridgehead atoms. The Kier molecular flexibility index (Phi) is 3.41. The molecular formula is C12H20N2O. The van der Waals surface area contributed by atoms with Crippen LogP contribution in [0.1, 0.15) is 32.6 Å². The standard InChI is InChI=1S/C12H20N2O/c1-9(11-7-13-8-11)12(15)14-6-2-3-10-4-5-10/h10,13H,2-8H2,1H3,(H,14,15). The van der Waals surface area contributed by atoms with E-state index in [2.05, 4.69) is 10.6 Å². The van der Waals surface area contributed by atoms with Crippen LogP contribution in [0.25, 0.3) is 0 Å². The Morgan fingerprint density at radius 1 is 1.47 bits per heavy atom. The predicted molar refractivity (Wildman–Crippen MR) is 60.5 cm³/mol. The Bertz CT molecular complexity index is 273. The quantitative estimate of drug-likeness (QED) is 0.527. The smallest absolute Gasteiger partial charge is 0.246 e. The van der Waals surface area contributed by atoms with E-state index in [4.69, 9.17) is 0 Å². The van der Waals surface area contributed by atoms with E-state index in [1.165, 1.54) is 24.8 Å². The molecule has 3 nitrogen and oxygen atoms in total. The van der Waals surface area contributed by atoms with Crippen LogP contribution in [-0.4, -0.2) is 25.5 Å². The number of carbonyl (C=O) groups excluding carboxylic acids is 1. The number of amides is 1. The van der Waals surface area contributed by atoms with Crippen LogP contribution >= 0.6 is 0 Å². The molecule has 2 fully saturated rings. The van der Waals surface area contributed by atoms with Gasteiger partial charge in [0.1, 0.15) is 0 Å². The van der Waals surface area contributed by atoms with Crippen molar-refractivity contribution in [1.29, 1.82) is 0 Å². The van der Waals surface area contributed by atoms with Crippen molar-refractivity contribution in [2.75, 3.05) is 19.6 Å². The van der Waals surface area contributed by atoms with Crippen molar-refractivity contribution >= 4 is 5.91 Å². The number of rotatable bonds is 5. The van der Waals surface area contributed by atoms with Crippen molar-refractivity contribution in [3.8, 4) is 0 Å². The van der Waals surface area contributed by atoms with E-state index in [1.807, 2.05) is 6.92 Å². The molecule has 0 aromatic heterocycles. The number of nitrogens with one attached hydrogen (secondary N) is 2. The first-order valence-corrected chi connectivity index (χ1v) is 5.95. The topological polar surface area (TPSA) is 41.1 Å². The van der Waals surface area contributed by atoms with Crippen LogP contribution in [0.3, 0.4) is 0 Å². The summed E-state index contributed by atoms with van der Waals surface area (Å²) in [6.07, 6.45) is 5.24. The van der Waals surface area contributed by atoms with Gasteiger partial charge in [-0.05, 0) is 31.3 Å². The van der Waals surface area contributed by atoms with Gasteiger partial charge in [-0.1, -0.05) is 12.8 Å². The van der Waals surface area contributed by atoms with E-state index >= 15 is 0 Å². The molecule has 1 aliphatic heterocycles. The van der Waals surface area contributed by atoms with Gasteiger partial charge in [-0.2, -0.15) is 0 Å². The molecule has 0 unspecified atom stereocenters. The van der Waals surface area contributed by atoms with Crippen molar-refractivity contribution in [1.82, 2.24) is 10.6 Å². The van der Waals surface area contributed by atoms with Crippen LogP contribution in [-0.2, 0) is 4.79 Å². The average Bonchev–Trinajstić information content (AvgIpc) is 2.92. The molecule has 84 valence electrons. The van der Waals surface area contributed by atoms with E-state index in [0.29, 0.717) is 0 Å². The Labute approximate surface area is 91.3 Å². The molecular weight excluding hydrogens is 188 g/mol. The van der Waals surface area contributed by atoms with E-state index < -0.39 is 0 Å². The van der Waals surface area contributed by atoms with Gasteiger partial charge in [-0.3, -0.25) is 4.79 Å². The first kappa shape index (κ1) is 10.7. The van der Waals surface area contributed by atoms with Gasteiger partial charge in [0.2, 0.25) is 5.91 Å². The highest BCUT2D eigenvalue weighted by molar-refractivity contribution is 5.93. The Hall–Kier alpha value is -0.830. The molecule has 0 radical (unpaired) electrons. The zero-order chi connectivity index (χ0) is 10.7. The lowest BCUT2D eigenvalue weighted by atomic mass is 10.0. The SMILES string of the molecule is CC(C(=O)NCCCC1CC1)=C1CNC1. The molecule has 1 saturated carbocycles. The molecule has 3 heteroatoms.